The highest BCUT2D eigenvalue weighted by Crippen LogP contribution is 2.25. The van der Waals surface area contributed by atoms with Gasteiger partial charge in [0.15, 0.2) is 0 Å². The molecule has 0 aliphatic rings. The van der Waals surface area contributed by atoms with Gasteiger partial charge in [-0.25, -0.2) is 4.98 Å². The first-order valence-electron chi connectivity index (χ1n) is 6.45. The number of benzene rings is 1. The van der Waals surface area contributed by atoms with E-state index in [9.17, 15) is 0 Å². The van der Waals surface area contributed by atoms with Crippen molar-refractivity contribution in [3.63, 3.8) is 0 Å². The smallest absolute Gasteiger partial charge is 0.122 e. The molecule has 1 aromatic carbocycles. The van der Waals surface area contributed by atoms with Gasteiger partial charge in [-0.05, 0) is 24.0 Å². The van der Waals surface area contributed by atoms with Gasteiger partial charge in [0.2, 0.25) is 0 Å². The van der Waals surface area contributed by atoms with Gasteiger partial charge in [0.25, 0.3) is 0 Å². The largest absolute Gasteiger partial charge is 0.493 e. The summed E-state index contributed by atoms with van der Waals surface area (Å²) >= 11 is 0. The average molecular weight is 244 g/mol. The molecule has 0 unspecified atom stereocenters. The monoisotopic (exact) mass is 244 g/mol. The van der Waals surface area contributed by atoms with Gasteiger partial charge >= 0.3 is 0 Å². The van der Waals surface area contributed by atoms with Gasteiger partial charge in [0.1, 0.15) is 5.75 Å². The second-order valence-corrected chi connectivity index (χ2v) is 4.70. The lowest BCUT2D eigenvalue weighted by molar-refractivity contribution is 0.298. The predicted molar refractivity (Wildman–Crippen MR) is 72.9 cm³/mol. The molecule has 0 aliphatic heterocycles. The minimum Gasteiger partial charge on any atom is -0.493 e. The van der Waals surface area contributed by atoms with Crippen molar-refractivity contribution in [3.05, 3.63) is 48.5 Å². The second-order valence-electron chi connectivity index (χ2n) is 4.70. The summed E-state index contributed by atoms with van der Waals surface area (Å²) in [6.45, 7) is 6.06. The fraction of sp³-hybridized carbons (Fsp3) is 0.400. The number of ether oxygens (including phenoxy) is 1. The SMILES string of the molecule is CC(C)c1ccccc1OCCCn1ccnc1. The second kappa shape index (κ2) is 6.24. The van der Waals surface area contributed by atoms with Crippen LogP contribution in [0.5, 0.6) is 5.75 Å². The molecule has 2 rings (SSSR count). The Hall–Kier alpha value is -1.77. The normalized spacial score (nSPS) is 10.8. The predicted octanol–water partition coefficient (Wildman–Crippen LogP) is 3.48. The molecule has 0 aliphatic carbocycles. The Morgan fingerprint density at radius 3 is 2.83 bits per heavy atom. The van der Waals surface area contributed by atoms with Gasteiger partial charge in [-0.2, -0.15) is 0 Å². The van der Waals surface area contributed by atoms with E-state index in [0.29, 0.717) is 5.92 Å². The topological polar surface area (TPSA) is 27.1 Å². The molecule has 2 aromatic rings. The van der Waals surface area contributed by atoms with Crippen molar-refractivity contribution in [2.45, 2.75) is 32.7 Å². The van der Waals surface area contributed by atoms with Crippen LogP contribution >= 0.6 is 0 Å². The Morgan fingerprint density at radius 1 is 1.28 bits per heavy atom. The van der Waals surface area contributed by atoms with Crippen molar-refractivity contribution < 1.29 is 4.74 Å². The highest BCUT2D eigenvalue weighted by Gasteiger charge is 2.06. The number of aromatic nitrogens is 2. The first kappa shape index (κ1) is 12.7. The van der Waals surface area contributed by atoms with Crippen molar-refractivity contribution in [2.75, 3.05) is 6.61 Å². The molecule has 0 spiro atoms. The van der Waals surface area contributed by atoms with Crippen LogP contribution in [0.25, 0.3) is 0 Å². The van der Waals surface area contributed by atoms with Gasteiger partial charge in [0.05, 0.1) is 12.9 Å². The minimum absolute atomic E-state index is 0.495. The standard InChI is InChI=1S/C15H20N2O/c1-13(2)14-6-3-4-7-15(14)18-11-5-9-17-10-8-16-12-17/h3-4,6-8,10,12-13H,5,9,11H2,1-2H3. The summed E-state index contributed by atoms with van der Waals surface area (Å²) in [5.74, 6) is 1.51. The molecule has 0 fully saturated rings. The molecule has 0 amide bonds. The first-order chi connectivity index (χ1) is 8.77. The van der Waals surface area contributed by atoms with Crippen molar-refractivity contribution >= 4 is 0 Å². The molecule has 0 saturated carbocycles. The molecule has 3 nitrogen and oxygen atoms in total. The van der Waals surface area contributed by atoms with Crippen LogP contribution < -0.4 is 4.74 Å². The Kier molecular flexibility index (Phi) is 4.40. The van der Waals surface area contributed by atoms with Gasteiger partial charge in [-0.15, -0.1) is 0 Å². The van der Waals surface area contributed by atoms with Crippen LogP contribution in [0.15, 0.2) is 43.0 Å². The Morgan fingerprint density at radius 2 is 2.11 bits per heavy atom. The van der Waals surface area contributed by atoms with Crippen molar-refractivity contribution in [3.8, 4) is 5.75 Å². The maximum Gasteiger partial charge on any atom is 0.122 e. The summed E-state index contributed by atoms with van der Waals surface area (Å²) in [6, 6.07) is 8.27. The minimum atomic E-state index is 0.495. The van der Waals surface area contributed by atoms with E-state index in [1.165, 1.54) is 5.56 Å². The summed E-state index contributed by atoms with van der Waals surface area (Å²) < 4.78 is 7.93. The van der Waals surface area contributed by atoms with Crippen LogP contribution in [0.4, 0.5) is 0 Å². The van der Waals surface area contributed by atoms with E-state index in [1.807, 2.05) is 24.7 Å². The molecule has 0 radical (unpaired) electrons. The van der Waals surface area contributed by atoms with E-state index in [-0.39, 0.29) is 0 Å². The van der Waals surface area contributed by atoms with Crippen molar-refractivity contribution in [1.29, 1.82) is 0 Å². The van der Waals surface area contributed by atoms with Gasteiger partial charge in [-0.1, -0.05) is 32.0 Å². The Bertz CT molecular complexity index is 463. The fourth-order valence-corrected chi connectivity index (χ4v) is 1.94. The summed E-state index contributed by atoms with van der Waals surface area (Å²) in [5.41, 5.74) is 1.28. The molecule has 0 bridgehead atoms. The third kappa shape index (κ3) is 3.36. The molecule has 1 aromatic heterocycles. The fourth-order valence-electron chi connectivity index (χ4n) is 1.94. The number of aryl methyl sites for hydroxylation is 1. The maximum absolute atomic E-state index is 5.86. The van der Waals surface area contributed by atoms with Crippen molar-refractivity contribution in [2.24, 2.45) is 0 Å². The highest BCUT2D eigenvalue weighted by molar-refractivity contribution is 5.35. The number of hydrogen-bond acceptors (Lipinski definition) is 2. The van der Waals surface area contributed by atoms with E-state index >= 15 is 0 Å². The Balaban J connectivity index is 1.83. The van der Waals surface area contributed by atoms with E-state index in [0.717, 1.165) is 25.3 Å². The van der Waals surface area contributed by atoms with Crippen LogP contribution in [-0.2, 0) is 6.54 Å². The zero-order chi connectivity index (χ0) is 12.8. The molecule has 18 heavy (non-hydrogen) atoms. The van der Waals surface area contributed by atoms with Crippen LogP contribution in [0.2, 0.25) is 0 Å². The van der Waals surface area contributed by atoms with Gasteiger partial charge in [0, 0.05) is 18.9 Å². The summed E-state index contributed by atoms with van der Waals surface area (Å²) in [4.78, 5) is 4.02. The van der Waals surface area contributed by atoms with Crippen molar-refractivity contribution in [1.82, 2.24) is 9.55 Å². The van der Waals surface area contributed by atoms with E-state index in [4.69, 9.17) is 4.74 Å². The third-order valence-electron chi connectivity index (χ3n) is 2.92. The number of rotatable bonds is 6. The number of hydrogen-bond donors (Lipinski definition) is 0. The molecule has 96 valence electrons. The van der Waals surface area contributed by atoms with E-state index in [1.54, 1.807) is 6.20 Å². The summed E-state index contributed by atoms with van der Waals surface area (Å²) in [5, 5.41) is 0. The average Bonchev–Trinajstić information content (AvgIpc) is 2.88. The Labute approximate surface area is 108 Å². The van der Waals surface area contributed by atoms with Gasteiger partial charge in [-0.3, -0.25) is 0 Å². The molecular weight excluding hydrogens is 224 g/mol. The zero-order valence-electron chi connectivity index (χ0n) is 11.0. The number of nitrogens with zero attached hydrogens (tertiary/aromatic N) is 2. The molecule has 0 atom stereocenters. The highest BCUT2D eigenvalue weighted by atomic mass is 16.5. The molecular formula is C15H20N2O. The molecule has 3 heteroatoms. The summed E-state index contributed by atoms with van der Waals surface area (Å²) in [7, 11) is 0. The first-order valence-corrected chi connectivity index (χ1v) is 6.45. The van der Waals surface area contributed by atoms with Crippen LogP contribution in [0.1, 0.15) is 31.7 Å². The molecule has 1 heterocycles. The maximum atomic E-state index is 5.86. The van der Waals surface area contributed by atoms with Gasteiger partial charge < -0.3 is 9.30 Å². The third-order valence-corrected chi connectivity index (χ3v) is 2.92. The quantitative estimate of drug-likeness (QED) is 0.727. The molecule has 0 saturated heterocycles. The number of imidazole rings is 1. The zero-order valence-corrected chi connectivity index (χ0v) is 11.0. The van der Waals surface area contributed by atoms with Crippen LogP contribution in [0.3, 0.4) is 0 Å². The number of para-hydroxylation sites is 1. The van der Waals surface area contributed by atoms with Crippen LogP contribution in [0, 0.1) is 0 Å². The lowest BCUT2D eigenvalue weighted by Crippen LogP contribution is -2.05. The van der Waals surface area contributed by atoms with E-state index < -0.39 is 0 Å². The van der Waals surface area contributed by atoms with E-state index in [2.05, 4.69) is 35.5 Å². The lowest BCUT2D eigenvalue weighted by atomic mass is 10.0. The van der Waals surface area contributed by atoms with Crippen LogP contribution in [-0.4, -0.2) is 16.2 Å². The molecule has 0 N–H and O–H groups in total. The summed E-state index contributed by atoms with van der Waals surface area (Å²) in [6.07, 6.45) is 6.60. The lowest BCUT2D eigenvalue weighted by Gasteiger charge is -2.13.